The Morgan fingerprint density at radius 2 is 2.11 bits per heavy atom. The number of fused-ring (bicyclic) bond motifs is 1. The van der Waals surface area contributed by atoms with Crippen molar-refractivity contribution in [2.75, 3.05) is 7.11 Å². The van der Waals surface area contributed by atoms with Crippen molar-refractivity contribution in [1.82, 2.24) is 15.1 Å². The van der Waals surface area contributed by atoms with Gasteiger partial charge in [-0.1, -0.05) is 12.1 Å². The summed E-state index contributed by atoms with van der Waals surface area (Å²) in [7, 11) is 1.63. The van der Waals surface area contributed by atoms with Gasteiger partial charge < -0.3 is 15.2 Å². The number of hydrogen-bond acceptors (Lipinski definition) is 4. The maximum Gasteiger partial charge on any atom is 0.356 e. The van der Waals surface area contributed by atoms with Gasteiger partial charge in [-0.3, -0.25) is 9.48 Å². The molecular weight excluding hydrogens is 346 g/mol. The van der Waals surface area contributed by atoms with Crippen LogP contribution in [0, 0.1) is 5.92 Å². The first-order valence-electron chi connectivity index (χ1n) is 9.27. The molecule has 1 saturated heterocycles. The molecule has 1 aliphatic heterocycles. The van der Waals surface area contributed by atoms with E-state index in [0.717, 1.165) is 41.8 Å². The van der Waals surface area contributed by atoms with E-state index < -0.39 is 5.97 Å². The van der Waals surface area contributed by atoms with Crippen LogP contribution < -0.4 is 10.1 Å². The number of carbonyl (C=O) groups is 2. The van der Waals surface area contributed by atoms with E-state index in [1.54, 1.807) is 7.11 Å². The number of carboxylic acids is 1. The Morgan fingerprint density at radius 3 is 2.74 bits per heavy atom. The normalized spacial score (nSPS) is 21.1. The zero-order chi connectivity index (χ0) is 19.0. The van der Waals surface area contributed by atoms with E-state index in [1.165, 1.54) is 0 Å². The second kappa shape index (κ2) is 7.06. The average Bonchev–Trinajstić information content (AvgIpc) is 3.32. The molecule has 142 valence electrons. The smallest absolute Gasteiger partial charge is 0.356 e. The molecule has 2 aliphatic rings. The number of aromatic carboxylic acids is 1. The Labute approximate surface area is 157 Å². The van der Waals surface area contributed by atoms with Crippen LogP contribution >= 0.6 is 0 Å². The minimum atomic E-state index is -0.977. The van der Waals surface area contributed by atoms with Crippen molar-refractivity contribution < 1.29 is 19.4 Å². The van der Waals surface area contributed by atoms with E-state index in [-0.39, 0.29) is 17.6 Å². The molecule has 4 rings (SSSR count). The van der Waals surface area contributed by atoms with Gasteiger partial charge in [0.2, 0.25) is 5.91 Å². The highest BCUT2D eigenvalue weighted by Crippen LogP contribution is 2.33. The van der Waals surface area contributed by atoms with Crippen molar-refractivity contribution in [3.63, 3.8) is 0 Å². The number of carbonyl (C=O) groups excluding carboxylic acids is 1. The number of hydrogen-bond donors (Lipinski definition) is 2. The molecule has 0 saturated carbocycles. The topological polar surface area (TPSA) is 93.5 Å². The van der Waals surface area contributed by atoms with Crippen LogP contribution in [0.2, 0.25) is 0 Å². The predicted octanol–water partition coefficient (Wildman–Crippen LogP) is 2.02. The number of benzene rings is 1. The predicted molar refractivity (Wildman–Crippen MR) is 98.0 cm³/mol. The molecule has 0 bridgehead atoms. The van der Waals surface area contributed by atoms with Crippen LogP contribution in [0.4, 0.5) is 0 Å². The first-order chi connectivity index (χ1) is 13.0. The van der Waals surface area contributed by atoms with Crippen LogP contribution in [0.25, 0.3) is 0 Å². The zero-order valence-corrected chi connectivity index (χ0v) is 15.3. The molecule has 2 aromatic rings. The van der Waals surface area contributed by atoms with E-state index >= 15 is 0 Å². The van der Waals surface area contributed by atoms with E-state index in [4.69, 9.17) is 4.74 Å². The molecule has 2 N–H and O–H groups in total. The Hall–Kier alpha value is -2.83. The Morgan fingerprint density at radius 1 is 1.33 bits per heavy atom. The van der Waals surface area contributed by atoms with Gasteiger partial charge in [0.1, 0.15) is 5.75 Å². The third-order valence-electron chi connectivity index (χ3n) is 5.54. The molecular formula is C20H23N3O4. The van der Waals surface area contributed by atoms with E-state index in [0.29, 0.717) is 25.3 Å². The molecule has 7 nitrogen and oxygen atoms in total. The SMILES string of the molecule is COc1ccc(Cn2nc(C(=O)O)c3c2CC(C[C@@H]2CCC(=O)N2)C3)cc1. The van der Waals surface area contributed by atoms with Crippen LogP contribution in [0.1, 0.15) is 46.6 Å². The standard InChI is InChI=1S/C20H23N3O4/c1-27-15-5-2-12(3-6-15)11-23-17-10-13(8-14-4-7-18(24)21-14)9-16(17)19(22-23)20(25)26/h2-3,5-6,13-14H,4,7-11H2,1H3,(H,21,24)(H,25,26)/t13?,14-/m0/s1. The monoisotopic (exact) mass is 369 g/mol. The van der Waals surface area contributed by atoms with Crippen molar-refractivity contribution in [2.45, 2.75) is 44.7 Å². The second-order valence-electron chi connectivity index (χ2n) is 7.40. The maximum absolute atomic E-state index is 11.7. The number of amides is 1. The van der Waals surface area contributed by atoms with Crippen molar-refractivity contribution in [1.29, 1.82) is 0 Å². The Bertz CT molecular complexity index is 872. The first kappa shape index (κ1) is 17.6. The number of nitrogens with one attached hydrogen (secondary N) is 1. The number of methoxy groups -OCH3 is 1. The first-order valence-corrected chi connectivity index (χ1v) is 9.27. The molecule has 2 atom stereocenters. The van der Waals surface area contributed by atoms with Gasteiger partial charge in [-0.25, -0.2) is 4.79 Å². The van der Waals surface area contributed by atoms with Gasteiger partial charge in [0.15, 0.2) is 5.69 Å². The van der Waals surface area contributed by atoms with Gasteiger partial charge in [-0.2, -0.15) is 5.10 Å². The number of aromatic nitrogens is 2. The van der Waals surface area contributed by atoms with Gasteiger partial charge in [-0.15, -0.1) is 0 Å². The molecule has 1 aromatic heterocycles. The fourth-order valence-electron chi connectivity index (χ4n) is 4.24. The fourth-order valence-corrected chi connectivity index (χ4v) is 4.24. The lowest BCUT2D eigenvalue weighted by atomic mass is 9.96. The van der Waals surface area contributed by atoms with Crippen LogP contribution in [-0.4, -0.2) is 39.9 Å². The minimum absolute atomic E-state index is 0.118. The molecule has 0 spiro atoms. The average molecular weight is 369 g/mol. The van der Waals surface area contributed by atoms with Crippen LogP contribution in [0.15, 0.2) is 24.3 Å². The molecule has 7 heteroatoms. The highest BCUT2D eigenvalue weighted by molar-refractivity contribution is 5.87. The summed E-state index contributed by atoms with van der Waals surface area (Å²) in [6.45, 7) is 0.534. The third-order valence-corrected chi connectivity index (χ3v) is 5.54. The van der Waals surface area contributed by atoms with E-state index in [1.807, 2.05) is 28.9 Å². The highest BCUT2D eigenvalue weighted by atomic mass is 16.5. The third kappa shape index (κ3) is 3.54. The quantitative estimate of drug-likeness (QED) is 0.813. The van der Waals surface area contributed by atoms with Crippen molar-refractivity contribution >= 4 is 11.9 Å². The number of rotatable bonds is 6. The maximum atomic E-state index is 11.7. The summed E-state index contributed by atoms with van der Waals surface area (Å²) >= 11 is 0. The molecule has 27 heavy (non-hydrogen) atoms. The van der Waals surface area contributed by atoms with Crippen LogP contribution in [0.5, 0.6) is 5.75 Å². The number of ether oxygens (including phenoxy) is 1. The fraction of sp³-hybridized carbons (Fsp3) is 0.450. The summed E-state index contributed by atoms with van der Waals surface area (Å²) in [6, 6.07) is 7.93. The van der Waals surface area contributed by atoms with Gasteiger partial charge in [-0.05, 0) is 49.3 Å². The zero-order valence-electron chi connectivity index (χ0n) is 15.3. The lowest BCUT2D eigenvalue weighted by Gasteiger charge is -2.16. The van der Waals surface area contributed by atoms with Gasteiger partial charge in [0.05, 0.1) is 13.7 Å². The Kier molecular flexibility index (Phi) is 4.59. The number of carboxylic acid groups (broad SMARTS) is 1. The second-order valence-corrected chi connectivity index (χ2v) is 7.40. The van der Waals surface area contributed by atoms with E-state index in [2.05, 4.69) is 10.4 Å². The number of nitrogens with zero attached hydrogens (tertiary/aromatic N) is 2. The lowest BCUT2D eigenvalue weighted by molar-refractivity contribution is -0.119. The van der Waals surface area contributed by atoms with Gasteiger partial charge in [0, 0.05) is 23.7 Å². The molecule has 1 amide bonds. The summed E-state index contributed by atoms with van der Waals surface area (Å²) in [5.74, 6) is 0.276. The molecule has 1 fully saturated rings. The highest BCUT2D eigenvalue weighted by Gasteiger charge is 2.34. The van der Waals surface area contributed by atoms with E-state index in [9.17, 15) is 14.7 Å². The summed E-state index contributed by atoms with van der Waals surface area (Å²) in [6.07, 6.45) is 3.87. The van der Waals surface area contributed by atoms with Crippen LogP contribution in [-0.2, 0) is 24.2 Å². The lowest BCUT2D eigenvalue weighted by Crippen LogP contribution is -2.28. The molecule has 1 aromatic carbocycles. The summed E-state index contributed by atoms with van der Waals surface area (Å²) in [5.41, 5.74) is 3.07. The largest absolute Gasteiger partial charge is 0.497 e. The van der Waals surface area contributed by atoms with Crippen molar-refractivity contribution in [2.24, 2.45) is 5.92 Å². The van der Waals surface area contributed by atoms with Gasteiger partial charge in [0.25, 0.3) is 0 Å². The van der Waals surface area contributed by atoms with Gasteiger partial charge >= 0.3 is 5.97 Å². The van der Waals surface area contributed by atoms with Crippen molar-refractivity contribution in [3.05, 3.63) is 46.8 Å². The summed E-state index contributed by atoms with van der Waals surface area (Å²) < 4.78 is 7.01. The molecule has 2 heterocycles. The summed E-state index contributed by atoms with van der Waals surface area (Å²) in [5, 5.41) is 16.9. The minimum Gasteiger partial charge on any atom is -0.497 e. The summed E-state index contributed by atoms with van der Waals surface area (Å²) in [4.78, 5) is 23.1. The Balaban J connectivity index is 1.53. The van der Waals surface area contributed by atoms with Crippen LogP contribution in [0.3, 0.4) is 0 Å². The molecule has 1 aliphatic carbocycles. The molecule has 1 unspecified atom stereocenters. The van der Waals surface area contributed by atoms with Crippen molar-refractivity contribution in [3.8, 4) is 5.75 Å². The molecule has 0 radical (unpaired) electrons.